The van der Waals surface area contributed by atoms with Crippen molar-refractivity contribution < 1.29 is 8.42 Å². The molecule has 0 aliphatic heterocycles. The van der Waals surface area contributed by atoms with Gasteiger partial charge in [-0.3, -0.25) is 0 Å². The minimum absolute atomic E-state index is 0.295. The fourth-order valence-corrected chi connectivity index (χ4v) is 0.724. The van der Waals surface area contributed by atoms with Crippen LogP contribution in [-0.4, -0.2) is 8.42 Å². The summed E-state index contributed by atoms with van der Waals surface area (Å²) < 4.78 is 20.3. The van der Waals surface area contributed by atoms with E-state index < -0.39 is 10.0 Å². The second-order valence-electron chi connectivity index (χ2n) is 2.07. The van der Waals surface area contributed by atoms with Crippen molar-refractivity contribution in [1.29, 1.82) is 0 Å². The summed E-state index contributed by atoms with van der Waals surface area (Å²) in [5.41, 5.74) is 0. The Bertz CT molecular complexity index is 252. The van der Waals surface area contributed by atoms with Crippen LogP contribution in [0.4, 0.5) is 0 Å². The lowest BCUT2D eigenvalue weighted by molar-refractivity contribution is 0.607. The fraction of sp³-hybridized carbons (Fsp3) is 0.600. The van der Waals surface area contributed by atoms with Crippen molar-refractivity contribution in [1.82, 2.24) is 0 Å². The molecule has 0 saturated heterocycles. The largest absolute Gasteiger partial charge is 0.277 e. The number of nitrogens with two attached hydrogens (primary N) is 1. The van der Waals surface area contributed by atoms with E-state index in [-0.39, 0.29) is 0 Å². The molecule has 1 saturated carbocycles. The summed E-state index contributed by atoms with van der Waals surface area (Å²) in [4.78, 5) is 0. The van der Waals surface area contributed by atoms with Crippen molar-refractivity contribution in [3.63, 3.8) is 0 Å². The van der Waals surface area contributed by atoms with E-state index in [1.165, 1.54) is 0 Å². The molecule has 0 bridgehead atoms. The zero-order chi connectivity index (χ0) is 6.91. The van der Waals surface area contributed by atoms with Gasteiger partial charge in [-0.15, -0.1) is 0 Å². The molecule has 9 heavy (non-hydrogen) atoms. The highest BCUT2D eigenvalue weighted by molar-refractivity contribution is 7.93. The van der Waals surface area contributed by atoms with Gasteiger partial charge < -0.3 is 0 Å². The number of hydrogen-bond acceptors (Lipinski definition) is 2. The van der Waals surface area contributed by atoms with Gasteiger partial charge in [-0.25, -0.2) is 5.14 Å². The van der Waals surface area contributed by atoms with E-state index in [2.05, 4.69) is 11.1 Å². The van der Waals surface area contributed by atoms with Crippen LogP contribution in [0.25, 0.3) is 0 Å². The molecule has 2 N–H and O–H groups in total. The predicted octanol–water partition coefficient (Wildman–Crippen LogP) is -0.354. The minimum atomic E-state index is -3.54. The average Bonchev–Trinajstić information content (AvgIpc) is 2.38. The Morgan fingerprint density at radius 2 is 2.00 bits per heavy atom. The zero-order valence-corrected chi connectivity index (χ0v) is 5.61. The lowest BCUT2D eigenvalue weighted by atomic mass is 10.5. The van der Waals surface area contributed by atoms with Gasteiger partial charge in [0.15, 0.2) is 0 Å². The molecule has 1 aliphatic rings. The predicted molar refractivity (Wildman–Crippen MR) is 33.6 cm³/mol. The first kappa shape index (κ1) is 6.59. The van der Waals surface area contributed by atoms with Gasteiger partial charge >= 0.3 is 0 Å². The van der Waals surface area contributed by atoms with Gasteiger partial charge in [0.1, 0.15) is 0 Å². The van der Waals surface area contributed by atoms with Crippen molar-refractivity contribution in [3.8, 4) is 11.2 Å². The highest BCUT2D eigenvalue weighted by Gasteiger charge is 2.18. The molecule has 0 aromatic rings. The summed E-state index contributed by atoms with van der Waals surface area (Å²) >= 11 is 0. The van der Waals surface area contributed by atoms with Crippen molar-refractivity contribution >= 4 is 10.0 Å². The molecule has 1 fully saturated rings. The number of primary sulfonamides is 1. The molecule has 50 valence electrons. The molecule has 4 heteroatoms. The third-order valence-corrected chi connectivity index (χ3v) is 1.39. The highest BCUT2D eigenvalue weighted by atomic mass is 32.2. The van der Waals surface area contributed by atoms with Crippen LogP contribution in [0.15, 0.2) is 0 Å². The third kappa shape index (κ3) is 3.12. The molecule has 1 aliphatic carbocycles. The van der Waals surface area contributed by atoms with Crippen LogP contribution in [0.3, 0.4) is 0 Å². The first-order chi connectivity index (χ1) is 4.08. The molecular formula is C5H7NO2S. The minimum Gasteiger partial charge on any atom is -0.218 e. The van der Waals surface area contributed by atoms with E-state index in [0.29, 0.717) is 5.92 Å². The topological polar surface area (TPSA) is 60.2 Å². The molecular weight excluding hydrogens is 138 g/mol. The summed E-state index contributed by atoms with van der Waals surface area (Å²) in [6.07, 6.45) is 2.03. The SMILES string of the molecule is NS(=O)(=O)C#CC1CC1. The van der Waals surface area contributed by atoms with Gasteiger partial charge in [0, 0.05) is 11.2 Å². The van der Waals surface area contributed by atoms with Crippen LogP contribution in [-0.2, 0) is 10.0 Å². The molecule has 0 atom stereocenters. The molecule has 0 aromatic heterocycles. The van der Waals surface area contributed by atoms with E-state index in [0.717, 1.165) is 12.8 Å². The Morgan fingerprint density at radius 1 is 1.44 bits per heavy atom. The molecule has 0 aromatic carbocycles. The molecule has 1 rings (SSSR count). The number of sulfonamides is 1. The molecule has 0 radical (unpaired) electrons. The summed E-state index contributed by atoms with van der Waals surface area (Å²) in [6.45, 7) is 0. The van der Waals surface area contributed by atoms with Crippen LogP contribution in [0, 0.1) is 17.1 Å². The van der Waals surface area contributed by atoms with Crippen molar-refractivity contribution in [2.75, 3.05) is 0 Å². The Morgan fingerprint density at radius 3 is 2.33 bits per heavy atom. The highest BCUT2D eigenvalue weighted by Crippen LogP contribution is 2.27. The van der Waals surface area contributed by atoms with Crippen molar-refractivity contribution in [3.05, 3.63) is 0 Å². The Balaban J connectivity index is 2.60. The summed E-state index contributed by atoms with van der Waals surface area (Å²) in [5.74, 6) is 2.83. The van der Waals surface area contributed by atoms with Crippen LogP contribution >= 0.6 is 0 Å². The maximum absolute atomic E-state index is 10.2. The number of hydrogen-bond donors (Lipinski definition) is 1. The third-order valence-electron chi connectivity index (χ3n) is 0.983. The first-order valence-corrected chi connectivity index (χ1v) is 4.17. The Labute approximate surface area is 54.3 Å². The zero-order valence-electron chi connectivity index (χ0n) is 4.79. The fourth-order valence-electron chi connectivity index (χ4n) is 0.393. The Kier molecular flexibility index (Phi) is 1.47. The molecule has 0 amide bonds. The lowest BCUT2D eigenvalue weighted by Gasteiger charge is -1.76. The maximum atomic E-state index is 10.2. The molecule has 3 nitrogen and oxygen atoms in total. The second kappa shape index (κ2) is 2.01. The van der Waals surface area contributed by atoms with E-state index in [4.69, 9.17) is 0 Å². The molecule has 0 unspecified atom stereocenters. The average molecular weight is 145 g/mol. The summed E-state index contributed by atoms with van der Waals surface area (Å²) in [5, 5.41) is 6.59. The van der Waals surface area contributed by atoms with E-state index in [1.807, 2.05) is 5.25 Å². The number of rotatable bonds is 0. The smallest absolute Gasteiger partial charge is 0.218 e. The van der Waals surface area contributed by atoms with Gasteiger partial charge in [0.25, 0.3) is 10.0 Å². The van der Waals surface area contributed by atoms with Gasteiger partial charge in [-0.2, -0.15) is 8.42 Å². The van der Waals surface area contributed by atoms with Crippen LogP contribution < -0.4 is 5.14 Å². The second-order valence-corrected chi connectivity index (χ2v) is 3.36. The van der Waals surface area contributed by atoms with E-state index in [9.17, 15) is 8.42 Å². The van der Waals surface area contributed by atoms with Crippen LogP contribution in [0.2, 0.25) is 0 Å². The van der Waals surface area contributed by atoms with Crippen molar-refractivity contribution in [2.24, 2.45) is 11.1 Å². The van der Waals surface area contributed by atoms with Crippen LogP contribution in [0.5, 0.6) is 0 Å². The van der Waals surface area contributed by atoms with Crippen LogP contribution in [0.1, 0.15) is 12.8 Å². The quantitative estimate of drug-likeness (QED) is 0.473. The monoisotopic (exact) mass is 145 g/mol. The summed E-state index contributed by atoms with van der Waals surface area (Å²) in [6, 6.07) is 0. The van der Waals surface area contributed by atoms with Crippen molar-refractivity contribution in [2.45, 2.75) is 12.8 Å². The van der Waals surface area contributed by atoms with Gasteiger partial charge in [-0.05, 0) is 12.8 Å². The first-order valence-electron chi connectivity index (χ1n) is 2.63. The van der Waals surface area contributed by atoms with Gasteiger partial charge in [0.2, 0.25) is 0 Å². The summed E-state index contributed by atoms with van der Waals surface area (Å²) in [7, 11) is -3.54. The molecule has 0 heterocycles. The lowest BCUT2D eigenvalue weighted by Crippen LogP contribution is -2.07. The standard InChI is InChI=1S/C5H7NO2S/c6-9(7,8)4-3-5-1-2-5/h5H,1-2H2,(H2,6,7,8). The van der Waals surface area contributed by atoms with Gasteiger partial charge in [0.05, 0.1) is 0 Å². The molecule has 0 spiro atoms. The van der Waals surface area contributed by atoms with E-state index in [1.54, 1.807) is 0 Å². The maximum Gasteiger partial charge on any atom is 0.277 e. The normalized spacial score (nSPS) is 18.3. The Hall–Kier alpha value is -0.530. The van der Waals surface area contributed by atoms with Gasteiger partial charge in [-0.1, -0.05) is 5.92 Å². The van der Waals surface area contributed by atoms with E-state index >= 15 is 0 Å².